The molecule has 170 valence electrons. The van der Waals surface area contributed by atoms with Gasteiger partial charge in [0.25, 0.3) is 5.91 Å². The molecule has 0 spiro atoms. The minimum Gasteiger partial charge on any atom is -0.465 e. The Balaban J connectivity index is 1.83. The summed E-state index contributed by atoms with van der Waals surface area (Å²) in [5.74, 6) is -0.189. The van der Waals surface area contributed by atoms with Crippen molar-refractivity contribution in [2.45, 2.75) is 45.4 Å². The highest BCUT2D eigenvalue weighted by molar-refractivity contribution is 7.89. The lowest BCUT2D eigenvalue weighted by Crippen LogP contribution is -2.50. The van der Waals surface area contributed by atoms with Crippen molar-refractivity contribution in [2.75, 3.05) is 33.3 Å². The molecule has 1 aliphatic heterocycles. The Bertz CT molecular complexity index is 1110. The quantitative estimate of drug-likeness (QED) is 0.632. The van der Waals surface area contributed by atoms with Crippen molar-refractivity contribution < 1.29 is 31.7 Å². The molecule has 0 aromatic carbocycles. The third-order valence-electron chi connectivity index (χ3n) is 5.35. The molecular formula is C20H27N3O7S. The first-order valence-corrected chi connectivity index (χ1v) is 11.4. The van der Waals surface area contributed by atoms with Crippen molar-refractivity contribution in [1.29, 1.82) is 0 Å². The zero-order chi connectivity index (χ0) is 23.1. The summed E-state index contributed by atoms with van der Waals surface area (Å²) in [6.07, 6.45) is 0. The van der Waals surface area contributed by atoms with Crippen molar-refractivity contribution in [3.05, 3.63) is 34.1 Å². The molecule has 2 aromatic rings. The standard InChI is InChI=1S/C20H27N3O7S/c1-11(2)17-15(12(3)21-30-17)19(24)22-7-9-23(10-8-22)31(26,27)18-14(5)29-13(4)16(18)20(25)28-6/h11H,7-10H2,1-6H3. The van der Waals surface area contributed by atoms with E-state index < -0.39 is 16.0 Å². The molecular weight excluding hydrogens is 426 g/mol. The fourth-order valence-corrected chi connectivity index (χ4v) is 5.56. The van der Waals surface area contributed by atoms with Gasteiger partial charge in [-0.1, -0.05) is 19.0 Å². The third-order valence-corrected chi connectivity index (χ3v) is 7.40. The van der Waals surface area contributed by atoms with Crippen LogP contribution in [0.4, 0.5) is 0 Å². The maximum atomic E-state index is 13.3. The van der Waals surface area contributed by atoms with E-state index in [1.807, 2.05) is 13.8 Å². The average molecular weight is 454 g/mol. The van der Waals surface area contributed by atoms with E-state index in [-0.39, 0.29) is 60.0 Å². The lowest BCUT2D eigenvalue weighted by Gasteiger charge is -2.34. The number of methoxy groups -OCH3 is 1. The fraction of sp³-hybridized carbons (Fsp3) is 0.550. The van der Waals surface area contributed by atoms with Gasteiger partial charge in [0.2, 0.25) is 10.0 Å². The number of esters is 1. The number of nitrogens with zero attached hydrogens (tertiary/aromatic N) is 3. The van der Waals surface area contributed by atoms with Crippen LogP contribution < -0.4 is 0 Å². The van der Waals surface area contributed by atoms with Crippen LogP contribution in [0.2, 0.25) is 0 Å². The van der Waals surface area contributed by atoms with Crippen LogP contribution in [0, 0.1) is 20.8 Å². The molecule has 11 heteroatoms. The van der Waals surface area contributed by atoms with Crippen molar-refractivity contribution in [3.8, 4) is 0 Å². The van der Waals surface area contributed by atoms with Crippen molar-refractivity contribution in [1.82, 2.24) is 14.4 Å². The summed E-state index contributed by atoms with van der Waals surface area (Å²) in [7, 11) is -2.84. The summed E-state index contributed by atoms with van der Waals surface area (Å²) >= 11 is 0. The number of aryl methyl sites for hydroxylation is 3. The molecule has 1 saturated heterocycles. The zero-order valence-corrected chi connectivity index (χ0v) is 19.3. The first-order chi connectivity index (χ1) is 14.5. The number of hydrogen-bond acceptors (Lipinski definition) is 8. The molecule has 10 nitrogen and oxygen atoms in total. The van der Waals surface area contributed by atoms with Crippen LogP contribution in [0.5, 0.6) is 0 Å². The van der Waals surface area contributed by atoms with E-state index in [0.717, 1.165) is 0 Å². The van der Waals surface area contributed by atoms with Gasteiger partial charge < -0.3 is 18.6 Å². The summed E-state index contributed by atoms with van der Waals surface area (Å²) in [4.78, 5) is 26.6. The van der Waals surface area contributed by atoms with Crippen LogP contribution in [0.3, 0.4) is 0 Å². The summed E-state index contributed by atoms with van der Waals surface area (Å²) in [6.45, 7) is 9.11. The molecule has 3 heterocycles. The van der Waals surface area contributed by atoms with Crippen molar-refractivity contribution in [2.24, 2.45) is 0 Å². The second-order valence-electron chi connectivity index (χ2n) is 7.77. The van der Waals surface area contributed by atoms with Crippen LogP contribution in [0.1, 0.15) is 63.5 Å². The number of amides is 1. The molecule has 0 aliphatic carbocycles. The summed E-state index contributed by atoms with van der Waals surface area (Å²) < 4.78 is 43.3. The lowest BCUT2D eigenvalue weighted by molar-refractivity contribution is 0.0594. The van der Waals surface area contributed by atoms with Crippen molar-refractivity contribution >= 4 is 21.9 Å². The number of sulfonamides is 1. The largest absolute Gasteiger partial charge is 0.465 e. The Morgan fingerprint density at radius 2 is 1.65 bits per heavy atom. The third kappa shape index (κ3) is 3.99. The summed E-state index contributed by atoms with van der Waals surface area (Å²) in [5.41, 5.74) is 0.844. The molecule has 1 fully saturated rings. The molecule has 31 heavy (non-hydrogen) atoms. The Morgan fingerprint density at radius 1 is 1.03 bits per heavy atom. The predicted octanol–water partition coefficient (Wildman–Crippen LogP) is 2.25. The number of aromatic nitrogens is 1. The molecule has 3 rings (SSSR count). The van der Waals surface area contributed by atoms with Crippen LogP contribution in [0.25, 0.3) is 0 Å². The van der Waals surface area contributed by atoms with Gasteiger partial charge in [-0.25, -0.2) is 13.2 Å². The topological polar surface area (TPSA) is 123 Å². The number of ether oxygens (including phenoxy) is 1. The van der Waals surface area contributed by atoms with E-state index in [1.165, 1.54) is 25.3 Å². The van der Waals surface area contributed by atoms with Gasteiger partial charge in [-0.15, -0.1) is 0 Å². The number of hydrogen-bond donors (Lipinski definition) is 0. The predicted molar refractivity (Wildman–Crippen MR) is 110 cm³/mol. The van der Waals surface area contributed by atoms with Crippen LogP contribution in [-0.4, -0.2) is 67.9 Å². The van der Waals surface area contributed by atoms with Gasteiger partial charge in [-0.3, -0.25) is 4.79 Å². The van der Waals surface area contributed by atoms with Crippen LogP contribution >= 0.6 is 0 Å². The van der Waals surface area contributed by atoms with E-state index in [0.29, 0.717) is 17.0 Å². The van der Waals surface area contributed by atoms with Gasteiger partial charge in [0.15, 0.2) is 5.76 Å². The Morgan fingerprint density at radius 3 is 2.19 bits per heavy atom. The molecule has 0 bridgehead atoms. The maximum absolute atomic E-state index is 13.3. The molecule has 2 aromatic heterocycles. The molecule has 0 N–H and O–H groups in total. The number of furan rings is 1. The van der Waals surface area contributed by atoms with Crippen LogP contribution in [-0.2, 0) is 14.8 Å². The highest BCUT2D eigenvalue weighted by Gasteiger charge is 2.38. The monoisotopic (exact) mass is 453 g/mol. The normalized spacial score (nSPS) is 15.5. The van der Waals surface area contributed by atoms with E-state index in [1.54, 1.807) is 11.8 Å². The van der Waals surface area contributed by atoms with E-state index in [9.17, 15) is 18.0 Å². The Labute approximate surface area is 181 Å². The number of piperazine rings is 1. The van der Waals surface area contributed by atoms with Crippen LogP contribution in [0.15, 0.2) is 13.8 Å². The molecule has 0 unspecified atom stereocenters. The first kappa shape index (κ1) is 23.0. The van der Waals surface area contributed by atoms with E-state index in [4.69, 9.17) is 13.7 Å². The minimum absolute atomic E-state index is 0.00846. The van der Waals surface area contributed by atoms with Gasteiger partial charge in [-0.05, 0) is 20.8 Å². The fourth-order valence-electron chi connectivity index (χ4n) is 3.77. The maximum Gasteiger partial charge on any atom is 0.342 e. The Hall–Kier alpha value is -2.66. The smallest absolute Gasteiger partial charge is 0.342 e. The molecule has 0 saturated carbocycles. The zero-order valence-electron chi connectivity index (χ0n) is 18.5. The second-order valence-corrected chi connectivity index (χ2v) is 9.64. The van der Waals surface area contributed by atoms with Gasteiger partial charge >= 0.3 is 5.97 Å². The minimum atomic E-state index is -4.02. The van der Waals surface area contributed by atoms with Gasteiger partial charge in [0.05, 0.1) is 12.8 Å². The Kier molecular flexibility index (Phi) is 6.28. The lowest BCUT2D eigenvalue weighted by atomic mass is 10.0. The first-order valence-electron chi connectivity index (χ1n) is 9.94. The van der Waals surface area contributed by atoms with E-state index in [2.05, 4.69) is 5.16 Å². The SMILES string of the molecule is COC(=O)c1c(C)oc(C)c1S(=O)(=O)N1CCN(C(=O)c2c(C)noc2C(C)C)CC1. The van der Waals surface area contributed by atoms with Crippen molar-refractivity contribution in [3.63, 3.8) is 0 Å². The molecule has 0 radical (unpaired) electrons. The van der Waals surface area contributed by atoms with Gasteiger partial charge in [0.1, 0.15) is 27.5 Å². The number of carbonyl (C=O) groups excluding carboxylic acids is 2. The summed E-state index contributed by atoms with van der Waals surface area (Å²) in [5, 5.41) is 3.91. The summed E-state index contributed by atoms with van der Waals surface area (Å²) in [6, 6.07) is 0. The molecule has 1 aliphatic rings. The number of rotatable bonds is 5. The second kappa shape index (κ2) is 8.46. The van der Waals surface area contributed by atoms with Gasteiger partial charge in [0, 0.05) is 32.1 Å². The van der Waals surface area contributed by atoms with Gasteiger partial charge in [-0.2, -0.15) is 4.31 Å². The van der Waals surface area contributed by atoms with E-state index >= 15 is 0 Å². The molecule has 1 amide bonds. The molecule has 0 atom stereocenters. The number of carbonyl (C=O) groups is 2. The average Bonchev–Trinajstić information content (AvgIpc) is 3.26. The highest BCUT2D eigenvalue weighted by Crippen LogP contribution is 2.31. The highest BCUT2D eigenvalue weighted by atomic mass is 32.2.